The van der Waals surface area contributed by atoms with Gasteiger partial charge in [-0.25, -0.2) is 4.79 Å². The lowest BCUT2D eigenvalue weighted by Gasteiger charge is -2.19. The Kier molecular flexibility index (Phi) is 4.06. The van der Waals surface area contributed by atoms with Gasteiger partial charge < -0.3 is 20.1 Å². The molecule has 1 aliphatic carbocycles. The summed E-state index contributed by atoms with van der Waals surface area (Å²) >= 11 is 0. The van der Waals surface area contributed by atoms with Crippen molar-refractivity contribution >= 4 is 11.6 Å². The third-order valence-corrected chi connectivity index (χ3v) is 4.66. The van der Waals surface area contributed by atoms with Gasteiger partial charge in [0.05, 0.1) is 7.11 Å². The molecule has 0 unspecified atom stereocenters. The van der Waals surface area contributed by atoms with Gasteiger partial charge in [-0.15, -0.1) is 0 Å². The molecule has 0 bridgehead atoms. The largest absolute Gasteiger partial charge is 0.493 e. The Labute approximate surface area is 146 Å². The van der Waals surface area contributed by atoms with E-state index >= 15 is 0 Å². The zero-order valence-electron chi connectivity index (χ0n) is 14.0. The number of nitrogens with one attached hydrogen (secondary N) is 2. The van der Waals surface area contributed by atoms with Gasteiger partial charge in [0.25, 0.3) is 0 Å². The smallest absolute Gasteiger partial charge is 0.319 e. The van der Waals surface area contributed by atoms with E-state index in [-0.39, 0.29) is 12.1 Å². The molecule has 0 aromatic heterocycles. The standard InChI is InChI=1S/C20H20N2O3/c1-24-18-7-6-15(16-11-21-20(23)22-12-16)10-19(18)25-17-8-13-4-2-3-5-14(13)9-17/h2-7,10-11,17H,8-9,12H2,1H3,(H2,21,22,23). The highest BCUT2D eigenvalue weighted by molar-refractivity contribution is 5.83. The Balaban J connectivity index is 1.56. The molecule has 2 aromatic carbocycles. The molecule has 5 nitrogen and oxygen atoms in total. The predicted octanol–water partition coefficient (Wildman–Crippen LogP) is 2.90. The lowest BCUT2D eigenvalue weighted by Crippen LogP contribution is -2.37. The van der Waals surface area contributed by atoms with Gasteiger partial charge in [0.15, 0.2) is 11.5 Å². The van der Waals surface area contributed by atoms with Crippen LogP contribution in [-0.2, 0) is 12.8 Å². The summed E-state index contributed by atoms with van der Waals surface area (Å²) in [6.45, 7) is 0.493. The number of urea groups is 1. The lowest BCUT2D eigenvalue weighted by molar-refractivity contribution is 0.204. The van der Waals surface area contributed by atoms with Crippen LogP contribution in [0.3, 0.4) is 0 Å². The first-order valence-electron chi connectivity index (χ1n) is 8.38. The van der Waals surface area contributed by atoms with E-state index in [2.05, 4.69) is 34.9 Å². The van der Waals surface area contributed by atoms with E-state index in [0.29, 0.717) is 12.3 Å². The number of rotatable bonds is 4. The van der Waals surface area contributed by atoms with Crippen molar-refractivity contribution in [3.8, 4) is 11.5 Å². The molecular formula is C20H20N2O3. The molecule has 2 aromatic rings. The predicted molar refractivity (Wildman–Crippen MR) is 95.8 cm³/mol. The maximum Gasteiger partial charge on any atom is 0.319 e. The lowest BCUT2D eigenvalue weighted by atomic mass is 10.1. The van der Waals surface area contributed by atoms with Crippen LogP contribution in [0.2, 0.25) is 0 Å². The molecule has 5 heteroatoms. The van der Waals surface area contributed by atoms with Crippen LogP contribution in [0.25, 0.3) is 5.57 Å². The molecule has 0 radical (unpaired) electrons. The van der Waals surface area contributed by atoms with E-state index in [4.69, 9.17) is 9.47 Å². The van der Waals surface area contributed by atoms with E-state index < -0.39 is 0 Å². The third kappa shape index (κ3) is 3.18. The summed E-state index contributed by atoms with van der Waals surface area (Å²) in [6.07, 6.45) is 3.66. The van der Waals surface area contributed by atoms with Gasteiger partial charge in [0.1, 0.15) is 6.10 Å². The molecule has 1 aliphatic heterocycles. The van der Waals surface area contributed by atoms with Crippen LogP contribution in [0, 0.1) is 0 Å². The molecule has 1 heterocycles. The van der Waals surface area contributed by atoms with Gasteiger partial charge in [0, 0.05) is 25.6 Å². The molecule has 0 spiro atoms. The summed E-state index contributed by atoms with van der Waals surface area (Å²) in [6, 6.07) is 14.1. The second kappa shape index (κ2) is 6.51. The van der Waals surface area contributed by atoms with Gasteiger partial charge in [-0.3, -0.25) is 0 Å². The van der Waals surface area contributed by atoms with Crippen molar-refractivity contribution < 1.29 is 14.3 Å². The number of hydrogen-bond donors (Lipinski definition) is 2. The van der Waals surface area contributed by atoms with Crippen molar-refractivity contribution in [1.29, 1.82) is 0 Å². The van der Waals surface area contributed by atoms with Crippen molar-refractivity contribution in [3.05, 3.63) is 65.4 Å². The molecule has 2 aliphatic rings. The van der Waals surface area contributed by atoms with Gasteiger partial charge in [0.2, 0.25) is 0 Å². The van der Waals surface area contributed by atoms with E-state index in [1.807, 2.05) is 18.2 Å². The quantitative estimate of drug-likeness (QED) is 0.902. The Morgan fingerprint density at radius 3 is 2.44 bits per heavy atom. The minimum Gasteiger partial charge on any atom is -0.493 e. The first-order valence-corrected chi connectivity index (χ1v) is 8.38. The van der Waals surface area contributed by atoms with Crippen molar-refractivity contribution in [3.63, 3.8) is 0 Å². The first kappa shape index (κ1) is 15.6. The maximum absolute atomic E-state index is 11.2. The zero-order valence-corrected chi connectivity index (χ0v) is 14.0. The van der Waals surface area contributed by atoms with Crippen LogP contribution in [0.1, 0.15) is 16.7 Å². The van der Waals surface area contributed by atoms with Crippen LogP contribution < -0.4 is 20.1 Å². The summed E-state index contributed by atoms with van der Waals surface area (Å²) in [5.74, 6) is 1.45. The van der Waals surface area contributed by atoms with E-state index in [0.717, 1.165) is 29.7 Å². The van der Waals surface area contributed by atoms with Gasteiger partial charge in [-0.1, -0.05) is 30.3 Å². The molecule has 4 rings (SSSR count). The summed E-state index contributed by atoms with van der Waals surface area (Å²) in [5, 5.41) is 5.45. The number of methoxy groups -OCH3 is 1. The van der Waals surface area contributed by atoms with E-state index in [9.17, 15) is 4.79 Å². The molecule has 0 atom stereocenters. The SMILES string of the molecule is COc1ccc(C2=CNC(=O)NC2)cc1OC1Cc2ccccc2C1. The number of fused-ring (bicyclic) bond motifs is 1. The van der Waals surface area contributed by atoms with Crippen LogP contribution >= 0.6 is 0 Å². The van der Waals surface area contributed by atoms with Crippen LogP contribution in [-0.4, -0.2) is 25.8 Å². The second-order valence-corrected chi connectivity index (χ2v) is 6.28. The molecular weight excluding hydrogens is 316 g/mol. The first-order chi connectivity index (χ1) is 12.2. The van der Waals surface area contributed by atoms with E-state index in [1.54, 1.807) is 13.3 Å². The number of amides is 2. The molecule has 0 saturated carbocycles. The Hall–Kier alpha value is -2.95. The highest BCUT2D eigenvalue weighted by Crippen LogP contribution is 2.34. The highest BCUT2D eigenvalue weighted by atomic mass is 16.5. The number of benzene rings is 2. The number of hydrogen-bond acceptors (Lipinski definition) is 3. The maximum atomic E-state index is 11.2. The second-order valence-electron chi connectivity index (χ2n) is 6.28. The van der Waals surface area contributed by atoms with Crippen LogP contribution in [0.15, 0.2) is 48.7 Å². The fourth-order valence-electron chi connectivity index (χ4n) is 3.37. The normalized spacial score (nSPS) is 16.5. The molecule has 25 heavy (non-hydrogen) atoms. The molecule has 2 amide bonds. The van der Waals surface area contributed by atoms with Crippen molar-refractivity contribution in [1.82, 2.24) is 10.6 Å². The number of ether oxygens (including phenoxy) is 2. The highest BCUT2D eigenvalue weighted by Gasteiger charge is 2.24. The summed E-state index contributed by atoms with van der Waals surface area (Å²) < 4.78 is 11.7. The minimum atomic E-state index is -0.183. The van der Waals surface area contributed by atoms with Crippen molar-refractivity contribution in [2.75, 3.05) is 13.7 Å². The van der Waals surface area contributed by atoms with Gasteiger partial charge >= 0.3 is 6.03 Å². The summed E-state index contributed by atoms with van der Waals surface area (Å²) in [7, 11) is 1.65. The van der Waals surface area contributed by atoms with Crippen LogP contribution in [0.4, 0.5) is 4.79 Å². The fraction of sp³-hybridized carbons (Fsp3) is 0.250. The average molecular weight is 336 g/mol. The van der Waals surface area contributed by atoms with Crippen molar-refractivity contribution in [2.45, 2.75) is 18.9 Å². The molecule has 0 saturated heterocycles. The van der Waals surface area contributed by atoms with Crippen LogP contribution in [0.5, 0.6) is 11.5 Å². The zero-order chi connectivity index (χ0) is 17.2. The molecule has 2 N–H and O–H groups in total. The van der Waals surface area contributed by atoms with Gasteiger partial charge in [-0.2, -0.15) is 0 Å². The fourth-order valence-corrected chi connectivity index (χ4v) is 3.37. The topological polar surface area (TPSA) is 59.6 Å². The molecule has 0 fully saturated rings. The third-order valence-electron chi connectivity index (χ3n) is 4.66. The van der Waals surface area contributed by atoms with Crippen molar-refractivity contribution in [2.24, 2.45) is 0 Å². The summed E-state index contributed by atoms with van der Waals surface area (Å²) in [5.41, 5.74) is 4.70. The van der Waals surface area contributed by atoms with Gasteiger partial charge in [-0.05, 0) is 34.4 Å². The Morgan fingerprint density at radius 1 is 1.04 bits per heavy atom. The molecule has 128 valence electrons. The van der Waals surface area contributed by atoms with E-state index in [1.165, 1.54) is 11.1 Å². The number of carbonyl (C=O) groups excluding carboxylic acids is 1. The Bertz CT molecular complexity index is 820. The number of carbonyl (C=O) groups is 1. The average Bonchev–Trinajstić information content (AvgIpc) is 3.04. The monoisotopic (exact) mass is 336 g/mol. The minimum absolute atomic E-state index is 0.111. The Morgan fingerprint density at radius 2 is 1.80 bits per heavy atom. The summed E-state index contributed by atoms with van der Waals surface area (Å²) in [4.78, 5) is 11.2.